The number of hydrogen-bond acceptors (Lipinski definition) is 1. The standard InChI is InChI=1S/C21H23F3N2/c1-17(14-18-6-3-2-4-7-18)16-25-10-12-26(13-11-25)20-9-5-8-19(15-20)21(22,23)24/h2-9,14-15H,10-13,16H2,1H3/p+1/b17-14-. The van der Waals surface area contributed by atoms with Gasteiger partial charge in [0, 0.05) is 5.69 Å². The van der Waals surface area contributed by atoms with E-state index in [-0.39, 0.29) is 0 Å². The van der Waals surface area contributed by atoms with E-state index < -0.39 is 11.7 Å². The zero-order valence-corrected chi connectivity index (χ0v) is 14.9. The molecule has 2 nitrogen and oxygen atoms in total. The maximum absolute atomic E-state index is 12.9. The van der Waals surface area contributed by atoms with Gasteiger partial charge in [-0.05, 0) is 36.3 Å². The molecule has 0 radical (unpaired) electrons. The highest BCUT2D eigenvalue weighted by molar-refractivity contribution is 5.52. The van der Waals surface area contributed by atoms with Crippen molar-refractivity contribution in [3.63, 3.8) is 0 Å². The molecule has 5 heteroatoms. The lowest BCUT2D eigenvalue weighted by Gasteiger charge is -2.34. The first-order valence-electron chi connectivity index (χ1n) is 8.90. The fourth-order valence-electron chi connectivity index (χ4n) is 3.42. The summed E-state index contributed by atoms with van der Waals surface area (Å²) in [5, 5.41) is 0. The highest BCUT2D eigenvalue weighted by Gasteiger charge is 2.31. The van der Waals surface area contributed by atoms with Gasteiger partial charge in [0.2, 0.25) is 0 Å². The lowest BCUT2D eigenvalue weighted by molar-refractivity contribution is -0.895. The minimum atomic E-state index is -4.29. The van der Waals surface area contributed by atoms with Gasteiger partial charge < -0.3 is 9.80 Å². The first-order chi connectivity index (χ1) is 12.4. The molecule has 1 aliphatic rings. The van der Waals surface area contributed by atoms with Gasteiger partial charge in [-0.1, -0.05) is 42.5 Å². The molecule has 0 aromatic heterocycles. The van der Waals surface area contributed by atoms with Crippen LogP contribution >= 0.6 is 0 Å². The number of hydrogen-bond donors (Lipinski definition) is 1. The first kappa shape index (κ1) is 18.5. The lowest BCUT2D eigenvalue weighted by Crippen LogP contribution is -3.15. The van der Waals surface area contributed by atoms with E-state index in [1.807, 2.05) is 18.2 Å². The van der Waals surface area contributed by atoms with Crippen LogP contribution in [0.3, 0.4) is 0 Å². The molecule has 1 saturated heterocycles. The van der Waals surface area contributed by atoms with E-state index in [9.17, 15) is 13.2 Å². The van der Waals surface area contributed by atoms with Gasteiger partial charge in [-0.15, -0.1) is 0 Å². The first-order valence-corrected chi connectivity index (χ1v) is 8.90. The smallest absolute Gasteiger partial charge is 0.360 e. The van der Waals surface area contributed by atoms with Gasteiger partial charge in [-0.2, -0.15) is 13.2 Å². The zero-order valence-electron chi connectivity index (χ0n) is 14.9. The van der Waals surface area contributed by atoms with Crippen molar-refractivity contribution in [3.8, 4) is 0 Å². The van der Waals surface area contributed by atoms with Gasteiger partial charge in [-0.25, -0.2) is 0 Å². The second kappa shape index (κ2) is 7.96. The highest BCUT2D eigenvalue weighted by Crippen LogP contribution is 2.31. The van der Waals surface area contributed by atoms with Gasteiger partial charge in [0.25, 0.3) is 0 Å². The summed E-state index contributed by atoms with van der Waals surface area (Å²) in [6, 6.07) is 15.9. The zero-order chi connectivity index (χ0) is 18.6. The molecule has 0 amide bonds. The van der Waals surface area contributed by atoms with Crippen LogP contribution in [-0.2, 0) is 6.18 Å². The van der Waals surface area contributed by atoms with Crippen molar-refractivity contribution in [2.24, 2.45) is 0 Å². The summed E-state index contributed by atoms with van der Waals surface area (Å²) in [7, 11) is 0. The molecule has 3 rings (SSSR count). The van der Waals surface area contributed by atoms with E-state index >= 15 is 0 Å². The number of rotatable bonds is 4. The molecule has 26 heavy (non-hydrogen) atoms. The van der Waals surface area contributed by atoms with E-state index in [2.05, 4.69) is 30.0 Å². The molecule has 1 fully saturated rings. The molecule has 0 unspecified atom stereocenters. The maximum atomic E-state index is 12.9. The van der Waals surface area contributed by atoms with Crippen molar-refractivity contribution in [2.45, 2.75) is 13.1 Å². The average Bonchev–Trinajstić information content (AvgIpc) is 2.62. The Hall–Kier alpha value is -2.27. The largest absolute Gasteiger partial charge is 0.416 e. The van der Waals surface area contributed by atoms with Crippen molar-refractivity contribution < 1.29 is 18.1 Å². The number of nitrogens with one attached hydrogen (secondary N) is 1. The number of nitrogens with zero attached hydrogens (tertiary/aromatic N) is 1. The van der Waals surface area contributed by atoms with E-state index in [1.165, 1.54) is 28.2 Å². The molecular formula is C21H24F3N2+. The van der Waals surface area contributed by atoms with Crippen LogP contribution in [0.2, 0.25) is 0 Å². The molecule has 0 atom stereocenters. The Balaban J connectivity index is 1.57. The van der Waals surface area contributed by atoms with Crippen LogP contribution in [0.4, 0.5) is 18.9 Å². The highest BCUT2D eigenvalue weighted by atomic mass is 19.4. The summed E-state index contributed by atoms with van der Waals surface area (Å²) < 4.78 is 38.7. The molecule has 0 saturated carbocycles. The molecule has 1 aliphatic heterocycles. The van der Waals surface area contributed by atoms with Crippen molar-refractivity contribution in [2.75, 3.05) is 37.6 Å². The van der Waals surface area contributed by atoms with Gasteiger partial charge in [0.1, 0.15) is 0 Å². The van der Waals surface area contributed by atoms with E-state index in [4.69, 9.17) is 0 Å². The van der Waals surface area contributed by atoms with Gasteiger partial charge >= 0.3 is 6.18 Å². The van der Waals surface area contributed by atoms with E-state index in [1.54, 1.807) is 6.07 Å². The fraction of sp³-hybridized carbons (Fsp3) is 0.333. The van der Waals surface area contributed by atoms with Crippen LogP contribution in [0.1, 0.15) is 18.1 Å². The molecule has 1 N–H and O–H groups in total. The second-order valence-corrected chi connectivity index (χ2v) is 6.86. The third-order valence-electron chi connectivity index (χ3n) is 4.75. The Morgan fingerprint density at radius 1 is 1.04 bits per heavy atom. The van der Waals surface area contributed by atoms with Crippen molar-refractivity contribution in [3.05, 3.63) is 71.3 Å². The quantitative estimate of drug-likeness (QED) is 0.876. The minimum absolute atomic E-state index is 0.577. The minimum Gasteiger partial charge on any atom is -0.360 e. The van der Waals surface area contributed by atoms with Crippen LogP contribution in [0, 0.1) is 0 Å². The number of halogens is 3. The van der Waals surface area contributed by atoms with Crippen LogP contribution in [0.15, 0.2) is 60.2 Å². The summed E-state index contributed by atoms with van der Waals surface area (Å²) in [6.07, 6.45) is -2.09. The Morgan fingerprint density at radius 3 is 2.38 bits per heavy atom. The van der Waals surface area contributed by atoms with Crippen molar-refractivity contribution in [1.29, 1.82) is 0 Å². The van der Waals surface area contributed by atoms with E-state index in [0.29, 0.717) is 5.69 Å². The summed E-state index contributed by atoms with van der Waals surface area (Å²) in [5.74, 6) is 0. The summed E-state index contributed by atoms with van der Waals surface area (Å²) in [5.41, 5.74) is 2.60. The molecule has 0 aliphatic carbocycles. The van der Waals surface area contributed by atoms with Crippen LogP contribution in [0.25, 0.3) is 6.08 Å². The van der Waals surface area contributed by atoms with Gasteiger partial charge in [-0.3, -0.25) is 0 Å². The average molecular weight is 361 g/mol. The molecule has 2 aromatic carbocycles. The number of benzene rings is 2. The Morgan fingerprint density at radius 2 is 1.73 bits per heavy atom. The number of quaternary nitrogens is 1. The van der Waals surface area contributed by atoms with Crippen LogP contribution in [0.5, 0.6) is 0 Å². The molecule has 0 spiro atoms. The number of alkyl halides is 3. The predicted octanol–water partition coefficient (Wildman–Crippen LogP) is 3.51. The normalized spacial score (nSPS) is 16.8. The Kier molecular flexibility index (Phi) is 5.67. The third kappa shape index (κ3) is 4.88. The molecule has 1 heterocycles. The van der Waals surface area contributed by atoms with Crippen LogP contribution < -0.4 is 9.80 Å². The van der Waals surface area contributed by atoms with Gasteiger partial charge in [0.15, 0.2) is 0 Å². The summed E-state index contributed by atoms with van der Waals surface area (Å²) in [4.78, 5) is 3.52. The SMILES string of the molecule is C/C(=C/c1ccccc1)C[NH+]1CCN(c2cccc(C(F)(F)F)c2)CC1. The van der Waals surface area contributed by atoms with Gasteiger partial charge in [0.05, 0.1) is 38.3 Å². The van der Waals surface area contributed by atoms with E-state index in [0.717, 1.165) is 38.8 Å². The van der Waals surface area contributed by atoms with Crippen molar-refractivity contribution >= 4 is 11.8 Å². The molecular weight excluding hydrogens is 337 g/mol. The Labute approximate surface area is 152 Å². The molecule has 0 bridgehead atoms. The summed E-state index contributed by atoms with van der Waals surface area (Å²) >= 11 is 0. The Bertz CT molecular complexity index is 745. The van der Waals surface area contributed by atoms with Crippen LogP contribution in [-0.4, -0.2) is 32.7 Å². The van der Waals surface area contributed by atoms with Crippen molar-refractivity contribution in [1.82, 2.24) is 0 Å². The topological polar surface area (TPSA) is 7.68 Å². The number of anilines is 1. The maximum Gasteiger partial charge on any atom is 0.416 e. The third-order valence-corrected chi connectivity index (χ3v) is 4.75. The number of piperazine rings is 1. The monoisotopic (exact) mass is 361 g/mol. The predicted molar refractivity (Wildman–Crippen MR) is 99.3 cm³/mol. The lowest BCUT2D eigenvalue weighted by atomic mass is 10.1. The fourth-order valence-corrected chi connectivity index (χ4v) is 3.42. The molecule has 2 aromatic rings. The second-order valence-electron chi connectivity index (χ2n) is 6.86. The molecule has 138 valence electrons. The summed E-state index contributed by atoms with van der Waals surface area (Å²) in [6.45, 7) is 6.50.